The van der Waals surface area contributed by atoms with Gasteiger partial charge in [-0.15, -0.1) is 0 Å². The molecule has 2 aliphatic heterocycles. The molecule has 1 aromatic rings. The molecule has 0 spiro atoms. The number of amides is 1. The second kappa shape index (κ2) is 7.20. The average Bonchev–Trinajstić information content (AvgIpc) is 2.62. The number of hydrogen-bond acceptors (Lipinski definition) is 3. The molecule has 2 aliphatic rings. The Hall–Kier alpha value is -1.10. The Kier molecular flexibility index (Phi) is 5.24. The Morgan fingerprint density at radius 1 is 1.30 bits per heavy atom. The Labute approximate surface area is 142 Å². The predicted molar refractivity (Wildman–Crippen MR) is 89.6 cm³/mol. The fourth-order valence-electron chi connectivity index (χ4n) is 3.82. The SMILES string of the molecule is O=C(N1CCCC(CO)C1)C1(c2ccc(Cl)cc2)CCOCC1. The van der Waals surface area contributed by atoms with Gasteiger partial charge in [0, 0.05) is 37.9 Å². The first-order valence-electron chi connectivity index (χ1n) is 8.40. The Morgan fingerprint density at radius 2 is 2.00 bits per heavy atom. The first-order chi connectivity index (χ1) is 11.2. The van der Waals surface area contributed by atoms with Crippen LogP contribution >= 0.6 is 11.6 Å². The molecular weight excluding hydrogens is 314 g/mol. The van der Waals surface area contributed by atoms with Crippen molar-refractivity contribution in [2.24, 2.45) is 5.92 Å². The van der Waals surface area contributed by atoms with Crippen LogP contribution in [0.25, 0.3) is 0 Å². The summed E-state index contributed by atoms with van der Waals surface area (Å²) in [5.41, 5.74) is 0.515. The predicted octanol–water partition coefficient (Wildman–Crippen LogP) is 2.62. The first-order valence-corrected chi connectivity index (χ1v) is 8.77. The maximum Gasteiger partial charge on any atom is 0.233 e. The van der Waals surface area contributed by atoms with E-state index in [0.717, 1.165) is 24.9 Å². The highest BCUT2D eigenvalue weighted by atomic mass is 35.5. The molecule has 1 atom stereocenters. The third-order valence-electron chi connectivity index (χ3n) is 5.22. The monoisotopic (exact) mass is 337 g/mol. The summed E-state index contributed by atoms with van der Waals surface area (Å²) < 4.78 is 5.51. The summed E-state index contributed by atoms with van der Waals surface area (Å²) in [7, 11) is 0. The standard InChI is InChI=1S/C18H24ClNO3/c19-16-5-3-15(4-6-16)18(7-10-23-11-8-18)17(22)20-9-1-2-14(12-20)13-21/h3-6,14,21H,1-2,7-13H2. The maximum atomic E-state index is 13.4. The summed E-state index contributed by atoms with van der Waals surface area (Å²) >= 11 is 6.01. The van der Waals surface area contributed by atoms with Gasteiger partial charge in [0.2, 0.25) is 5.91 Å². The van der Waals surface area contributed by atoms with Gasteiger partial charge in [-0.25, -0.2) is 0 Å². The minimum absolute atomic E-state index is 0.154. The average molecular weight is 338 g/mol. The summed E-state index contributed by atoms with van der Waals surface area (Å²) in [6.45, 7) is 2.80. The number of nitrogens with zero attached hydrogens (tertiary/aromatic N) is 1. The number of aliphatic hydroxyl groups is 1. The van der Waals surface area contributed by atoms with E-state index in [9.17, 15) is 9.90 Å². The smallest absolute Gasteiger partial charge is 0.233 e. The molecule has 2 heterocycles. The van der Waals surface area contributed by atoms with Crippen LogP contribution in [0.15, 0.2) is 24.3 Å². The van der Waals surface area contributed by atoms with Crippen LogP contribution in [0.4, 0.5) is 0 Å². The molecule has 1 amide bonds. The molecule has 0 saturated carbocycles. The third kappa shape index (κ3) is 3.39. The summed E-state index contributed by atoms with van der Waals surface area (Å²) in [6, 6.07) is 7.65. The van der Waals surface area contributed by atoms with E-state index in [0.29, 0.717) is 37.6 Å². The van der Waals surface area contributed by atoms with E-state index in [2.05, 4.69) is 0 Å². The minimum atomic E-state index is -0.514. The lowest BCUT2D eigenvalue weighted by molar-refractivity contribution is -0.143. The van der Waals surface area contributed by atoms with E-state index >= 15 is 0 Å². The molecule has 0 bridgehead atoms. The highest BCUT2D eigenvalue weighted by Crippen LogP contribution is 2.38. The largest absolute Gasteiger partial charge is 0.396 e. The molecule has 3 rings (SSSR count). The molecule has 4 nitrogen and oxygen atoms in total. The van der Waals surface area contributed by atoms with Crippen LogP contribution in [0, 0.1) is 5.92 Å². The number of ether oxygens (including phenoxy) is 1. The maximum absolute atomic E-state index is 13.4. The van der Waals surface area contributed by atoms with Gasteiger partial charge in [0.05, 0.1) is 5.41 Å². The first kappa shape index (κ1) is 16.7. The third-order valence-corrected chi connectivity index (χ3v) is 5.47. The van der Waals surface area contributed by atoms with Crippen LogP contribution in [-0.4, -0.2) is 48.8 Å². The summed E-state index contributed by atoms with van der Waals surface area (Å²) in [6.07, 6.45) is 3.36. The van der Waals surface area contributed by atoms with Gasteiger partial charge < -0.3 is 14.7 Å². The lowest BCUT2D eigenvalue weighted by Gasteiger charge is -2.42. The number of likely N-dealkylation sites (tertiary alicyclic amines) is 1. The lowest BCUT2D eigenvalue weighted by Crippen LogP contribution is -2.52. The van der Waals surface area contributed by atoms with E-state index < -0.39 is 5.41 Å². The molecule has 1 unspecified atom stereocenters. The molecule has 2 saturated heterocycles. The zero-order valence-corrected chi connectivity index (χ0v) is 14.1. The van der Waals surface area contributed by atoms with Gasteiger partial charge in [-0.2, -0.15) is 0 Å². The molecule has 2 fully saturated rings. The molecule has 0 aromatic heterocycles. The molecule has 126 valence electrons. The fourth-order valence-corrected chi connectivity index (χ4v) is 3.94. The second-order valence-electron chi connectivity index (χ2n) is 6.64. The highest BCUT2D eigenvalue weighted by Gasteiger charge is 2.44. The van der Waals surface area contributed by atoms with Crippen LogP contribution in [-0.2, 0) is 14.9 Å². The number of aliphatic hydroxyl groups excluding tert-OH is 1. The zero-order chi connectivity index (χ0) is 16.3. The minimum Gasteiger partial charge on any atom is -0.396 e. The number of carbonyl (C=O) groups excluding carboxylic acids is 1. The van der Waals surface area contributed by atoms with Crippen molar-refractivity contribution < 1.29 is 14.6 Å². The van der Waals surface area contributed by atoms with Gasteiger partial charge in [-0.3, -0.25) is 4.79 Å². The van der Waals surface area contributed by atoms with Crippen LogP contribution in [0.3, 0.4) is 0 Å². The van der Waals surface area contributed by atoms with Crippen molar-refractivity contribution in [3.8, 4) is 0 Å². The van der Waals surface area contributed by atoms with Crippen molar-refractivity contribution in [3.05, 3.63) is 34.9 Å². The van der Waals surface area contributed by atoms with Crippen molar-refractivity contribution in [3.63, 3.8) is 0 Å². The molecular formula is C18H24ClNO3. The van der Waals surface area contributed by atoms with E-state index in [1.807, 2.05) is 29.2 Å². The van der Waals surface area contributed by atoms with Crippen LogP contribution in [0.2, 0.25) is 5.02 Å². The van der Waals surface area contributed by atoms with Crippen molar-refractivity contribution in [1.29, 1.82) is 0 Å². The van der Waals surface area contributed by atoms with Crippen molar-refractivity contribution in [2.75, 3.05) is 32.9 Å². The van der Waals surface area contributed by atoms with Gasteiger partial charge in [-0.05, 0) is 49.3 Å². The number of halogens is 1. The van der Waals surface area contributed by atoms with E-state index in [-0.39, 0.29) is 18.4 Å². The molecule has 0 radical (unpaired) electrons. The van der Waals surface area contributed by atoms with Crippen molar-refractivity contribution >= 4 is 17.5 Å². The molecule has 1 aromatic carbocycles. The molecule has 1 N–H and O–H groups in total. The molecule has 0 aliphatic carbocycles. The summed E-state index contributed by atoms with van der Waals surface area (Å²) in [5.74, 6) is 0.385. The Morgan fingerprint density at radius 3 is 2.65 bits per heavy atom. The van der Waals surface area contributed by atoms with Gasteiger partial charge in [0.1, 0.15) is 0 Å². The van der Waals surface area contributed by atoms with Gasteiger partial charge in [-0.1, -0.05) is 23.7 Å². The Bertz CT molecular complexity index is 540. The highest BCUT2D eigenvalue weighted by molar-refractivity contribution is 6.30. The second-order valence-corrected chi connectivity index (χ2v) is 7.08. The topological polar surface area (TPSA) is 49.8 Å². The molecule has 23 heavy (non-hydrogen) atoms. The van der Waals surface area contributed by atoms with E-state index in [1.165, 1.54) is 0 Å². The number of hydrogen-bond donors (Lipinski definition) is 1. The van der Waals surface area contributed by atoms with Gasteiger partial charge in [0.15, 0.2) is 0 Å². The van der Waals surface area contributed by atoms with Crippen LogP contribution in [0.1, 0.15) is 31.2 Å². The number of piperidine rings is 1. The van der Waals surface area contributed by atoms with E-state index in [4.69, 9.17) is 16.3 Å². The summed E-state index contributed by atoms with van der Waals surface area (Å²) in [5, 5.41) is 10.1. The Balaban J connectivity index is 1.89. The number of rotatable bonds is 3. The molecule has 5 heteroatoms. The van der Waals surface area contributed by atoms with Crippen LogP contribution in [0.5, 0.6) is 0 Å². The normalized spacial score (nSPS) is 24.4. The van der Waals surface area contributed by atoms with Gasteiger partial charge >= 0.3 is 0 Å². The van der Waals surface area contributed by atoms with Crippen LogP contribution < -0.4 is 0 Å². The number of benzene rings is 1. The zero-order valence-electron chi connectivity index (χ0n) is 13.3. The van der Waals surface area contributed by atoms with Crippen molar-refractivity contribution in [2.45, 2.75) is 31.1 Å². The lowest BCUT2D eigenvalue weighted by atomic mass is 9.72. The summed E-state index contributed by atoms with van der Waals surface area (Å²) in [4.78, 5) is 15.3. The van der Waals surface area contributed by atoms with E-state index in [1.54, 1.807) is 0 Å². The van der Waals surface area contributed by atoms with Crippen molar-refractivity contribution in [1.82, 2.24) is 4.90 Å². The number of carbonyl (C=O) groups is 1. The van der Waals surface area contributed by atoms with Gasteiger partial charge in [0.25, 0.3) is 0 Å². The quantitative estimate of drug-likeness (QED) is 0.922. The fraction of sp³-hybridized carbons (Fsp3) is 0.611.